The standard InChI is InChI=1S/C20H20FN3O2S/c1-13-2-7-17-18(10-13)27-20(23-17)24-11-14(12-24)19(25)22-8-9-26-16-5-3-15(21)4-6-16/h2-7,10,14H,8-9,11-12H2,1H3,(H,22,25). The second kappa shape index (κ2) is 7.52. The zero-order valence-corrected chi connectivity index (χ0v) is 15.8. The number of benzene rings is 2. The molecule has 140 valence electrons. The van der Waals surface area contributed by atoms with Crippen molar-refractivity contribution in [2.24, 2.45) is 5.92 Å². The van der Waals surface area contributed by atoms with E-state index in [1.165, 1.54) is 22.4 Å². The minimum Gasteiger partial charge on any atom is -0.492 e. The summed E-state index contributed by atoms with van der Waals surface area (Å²) in [7, 11) is 0. The lowest BCUT2D eigenvalue weighted by Crippen LogP contribution is -2.54. The number of aromatic nitrogens is 1. The van der Waals surface area contributed by atoms with Gasteiger partial charge in [-0.3, -0.25) is 4.79 Å². The number of rotatable bonds is 6. The number of ether oxygens (including phenoxy) is 1. The van der Waals surface area contributed by atoms with Crippen LogP contribution in [0.4, 0.5) is 9.52 Å². The van der Waals surface area contributed by atoms with E-state index >= 15 is 0 Å². The monoisotopic (exact) mass is 385 g/mol. The second-order valence-electron chi connectivity index (χ2n) is 6.66. The number of aryl methyl sites for hydroxylation is 1. The van der Waals surface area contributed by atoms with Gasteiger partial charge in [-0.15, -0.1) is 0 Å². The molecule has 1 fully saturated rings. The first-order chi connectivity index (χ1) is 13.1. The first-order valence-corrected chi connectivity index (χ1v) is 9.68. The molecule has 0 radical (unpaired) electrons. The largest absolute Gasteiger partial charge is 0.492 e. The predicted molar refractivity (Wildman–Crippen MR) is 105 cm³/mol. The van der Waals surface area contributed by atoms with Gasteiger partial charge < -0.3 is 15.0 Å². The molecule has 0 atom stereocenters. The fraction of sp³-hybridized carbons (Fsp3) is 0.300. The van der Waals surface area contributed by atoms with Gasteiger partial charge in [0.2, 0.25) is 5.91 Å². The number of carbonyl (C=O) groups excluding carboxylic acids is 1. The maximum Gasteiger partial charge on any atom is 0.226 e. The van der Waals surface area contributed by atoms with E-state index in [0.717, 1.165) is 10.6 Å². The number of hydrogen-bond donors (Lipinski definition) is 1. The molecule has 0 spiro atoms. The van der Waals surface area contributed by atoms with Gasteiger partial charge in [0, 0.05) is 13.1 Å². The summed E-state index contributed by atoms with van der Waals surface area (Å²) in [6, 6.07) is 12.1. The Morgan fingerprint density at radius 1 is 1.30 bits per heavy atom. The molecular formula is C20H20FN3O2S. The van der Waals surface area contributed by atoms with Gasteiger partial charge in [0.05, 0.1) is 22.7 Å². The predicted octanol–water partition coefficient (Wildman–Crippen LogP) is 3.38. The van der Waals surface area contributed by atoms with Gasteiger partial charge >= 0.3 is 0 Å². The smallest absolute Gasteiger partial charge is 0.226 e. The molecule has 0 unspecified atom stereocenters. The number of hydrogen-bond acceptors (Lipinski definition) is 5. The van der Waals surface area contributed by atoms with Crippen LogP contribution in [0.2, 0.25) is 0 Å². The quantitative estimate of drug-likeness (QED) is 0.661. The molecule has 1 aliphatic heterocycles. The highest BCUT2D eigenvalue weighted by molar-refractivity contribution is 7.22. The van der Waals surface area contributed by atoms with E-state index in [1.807, 2.05) is 6.07 Å². The Balaban J connectivity index is 1.21. The molecule has 0 aliphatic carbocycles. The van der Waals surface area contributed by atoms with Crippen LogP contribution in [-0.4, -0.2) is 37.1 Å². The molecule has 1 amide bonds. The summed E-state index contributed by atoms with van der Waals surface area (Å²) < 4.78 is 19.5. The van der Waals surface area contributed by atoms with Crippen molar-refractivity contribution in [1.82, 2.24) is 10.3 Å². The zero-order valence-electron chi connectivity index (χ0n) is 14.9. The molecule has 3 aromatic rings. The van der Waals surface area contributed by atoms with Gasteiger partial charge in [0.25, 0.3) is 0 Å². The summed E-state index contributed by atoms with van der Waals surface area (Å²) in [5.41, 5.74) is 2.23. The normalized spacial score (nSPS) is 14.2. The van der Waals surface area contributed by atoms with Crippen LogP contribution >= 0.6 is 11.3 Å². The van der Waals surface area contributed by atoms with Crippen molar-refractivity contribution in [1.29, 1.82) is 0 Å². The second-order valence-corrected chi connectivity index (χ2v) is 7.67. The first kappa shape index (κ1) is 17.7. The molecule has 0 bridgehead atoms. The molecule has 1 N–H and O–H groups in total. The van der Waals surface area contributed by atoms with E-state index in [-0.39, 0.29) is 17.6 Å². The van der Waals surface area contributed by atoms with Gasteiger partial charge in [-0.1, -0.05) is 17.4 Å². The highest BCUT2D eigenvalue weighted by atomic mass is 32.1. The average Bonchev–Trinajstić information content (AvgIpc) is 3.01. The van der Waals surface area contributed by atoms with Gasteiger partial charge in [0.15, 0.2) is 5.13 Å². The van der Waals surface area contributed by atoms with Crippen molar-refractivity contribution < 1.29 is 13.9 Å². The van der Waals surface area contributed by atoms with Gasteiger partial charge in [-0.2, -0.15) is 0 Å². The van der Waals surface area contributed by atoms with Crippen molar-refractivity contribution in [2.75, 3.05) is 31.1 Å². The molecule has 0 saturated carbocycles. The van der Waals surface area contributed by atoms with Crippen molar-refractivity contribution in [3.8, 4) is 5.75 Å². The van der Waals surface area contributed by atoms with Crippen molar-refractivity contribution in [2.45, 2.75) is 6.92 Å². The SMILES string of the molecule is Cc1ccc2nc(N3CC(C(=O)NCCOc4ccc(F)cc4)C3)sc2c1. The number of halogens is 1. The summed E-state index contributed by atoms with van der Waals surface area (Å²) in [5, 5.41) is 3.86. The van der Waals surface area contributed by atoms with Crippen LogP contribution in [-0.2, 0) is 4.79 Å². The van der Waals surface area contributed by atoms with E-state index in [4.69, 9.17) is 4.74 Å². The Morgan fingerprint density at radius 2 is 2.07 bits per heavy atom. The maximum absolute atomic E-state index is 12.8. The van der Waals surface area contributed by atoms with Crippen molar-refractivity contribution >= 4 is 32.6 Å². The van der Waals surface area contributed by atoms with Crippen molar-refractivity contribution in [3.05, 3.63) is 53.8 Å². The highest BCUT2D eigenvalue weighted by Gasteiger charge is 2.34. The number of fused-ring (bicyclic) bond motifs is 1. The van der Waals surface area contributed by atoms with Gasteiger partial charge in [-0.05, 0) is 48.9 Å². The fourth-order valence-electron chi connectivity index (χ4n) is 2.97. The first-order valence-electron chi connectivity index (χ1n) is 8.87. The third kappa shape index (κ3) is 4.03. The number of nitrogens with one attached hydrogen (secondary N) is 1. The third-order valence-electron chi connectivity index (χ3n) is 4.54. The Bertz CT molecular complexity index is 952. The molecule has 1 saturated heterocycles. The van der Waals surface area contributed by atoms with Crippen LogP contribution < -0.4 is 15.0 Å². The number of thiazole rings is 1. The zero-order chi connectivity index (χ0) is 18.8. The van der Waals surface area contributed by atoms with E-state index < -0.39 is 0 Å². The van der Waals surface area contributed by atoms with E-state index in [0.29, 0.717) is 32.0 Å². The Morgan fingerprint density at radius 3 is 2.85 bits per heavy atom. The lowest BCUT2D eigenvalue weighted by atomic mass is 10.0. The Kier molecular flexibility index (Phi) is 4.94. The van der Waals surface area contributed by atoms with Crippen LogP contribution in [0, 0.1) is 18.7 Å². The van der Waals surface area contributed by atoms with Gasteiger partial charge in [-0.25, -0.2) is 9.37 Å². The molecule has 1 aliphatic rings. The average molecular weight is 385 g/mol. The number of amides is 1. The van der Waals surface area contributed by atoms with Crippen molar-refractivity contribution in [3.63, 3.8) is 0 Å². The summed E-state index contributed by atoms with van der Waals surface area (Å²) in [4.78, 5) is 19.0. The molecular weight excluding hydrogens is 365 g/mol. The van der Waals surface area contributed by atoms with E-state index in [2.05, 4.69) is 34.3 Å². The van der Waals surface area contributed by atoms with E-state index in [9.17, 15) is 9.18 Å². The third-order valence-corrected chi connectivity index (χ3v) is 5.62. The lowest BCUT2D eigenvalue weighted by molar-refractivity contribution is -0.125. The number of carbonyl (C=O) groups is 1. The molecule has 7 heteroatoms. The lowest BCUT2D eigenvalue weighted by Gasteiger charge is -2.37. The summed E-state index contributed by atoms with van der Waals surface area (Å²) >= 11 is 1.67. The highest BCUT2D eigenvalue weighted by Crippen LogP contribution is 2.33. The summed E-state index contributed by atoms with van der Waals surface area (Å²) in [6.07, 6.45) is 0. The minimum absolute atomic E-state index is 0.0235. The molecule has 4 rings (SSSR count). The summed E-state index contributed by atoms with van der Waals surface area (Å²) in [5.74, 6) is 0.301. The number of nitrogens with zero attached hydrogens (tertiary/aromatic N) is 2. The summed E-state index contributed by atoms with van der Waals surface area (Å²) in [6.45, 7) is 4.22. The van der Waals surface area contributed by atoms with E-state index in [1.54, 1.807) is 23.5 Å². The Hall–Kier alpha value is -2.67. The molecule has 2 aromatic carbocycles. The molecule has 5 nitrogen and oxygen atoms in total. The van der Waals surface area contributed by atoms with Crippen LogP contribution in [0.1, 0.15) is 5.56 Å². The maximum atomic E-state index is 12.8. The Labute approximate surface area is 160 Å². The topological polar surface area (TPSA) is 54.5 Å². The van der Waals surface area contributed by atoms with Gasteiger partial charge in [0.1, 0.15) is 18.2 Å². The molecule has 27 heavy (non-hydrogen) atoms. The van der Waals surface area contributed by atoms with Crippen LogP contribution in [0.5, 0.6) is 5.75 Å². The van der Waals surface area contributed by atoms with Crippen LogP contribution in [0.3, 0.4) is 0 Å². The fourth-order valence-corrected chi connectivity index (χ4v) is 4.06. The molecule has 1 aromatic heterocycles. The minimum atomic E-state index is -0.298. The van der Waals surface area contributed by atoms with Crippen LogP contribution in [0.15, 0.2) is 42.5 Å². The number of anilines is 1. The van der Waals surface area contributed by atoms with Crippen LogP contribution in [0.25, 0.3) is 10.2 Å². The molecule has 2 heterocycles.